The molecule has 0 saturated carbocycles. The third kappa shape index (κ3) is 19.2. The van der Waals surface area contributed by atoms with Crippen LogP contribution in [0.4, 0.5) is 0 Å². The van der Waals surface area contributed by atoms with E-state index in [1.54, 1.807) is 36.4 Å². The second kappa shape index (κ2) is 22.0. The molecule has 0 unspecified atom stereocenters. The molecule has 0 aromatic heterocycles. The second-order valence-corrected chi connectivity index (χ2v) is 7.27. The van der Waals surface area contributed by atoms with Gasteiger partial charge in [0.25, 0.3) is 0 Å². The lowest BCUT2D eigenvalue weighted by Gasteiger charge is -2.03. The van der Waals surface area contributed by atoms with Gasteiger partial charge < -0.3 is 35.0 Å². The standard InChI is InChI=1S/C21H20O6.3C3H4O2/c1-26-20-11-14(5-9-18(20)24)3-7-16(22)13-17(23)8-4-15-6-10-19(25)21(12-15)27-2;3*1-2-3(4)5/h3-12,24-25H,13H2,1-2H3;3*2H,1H2,(H,4,5)/b7-3+,8-4+;;;. The molecule has 2 aromatic rings. The molecule has 0 saturated heterocycles. The second-order valence-electron chi connectivity index (χ2n) is 7.27. The van der Waals surface area contributed by atoms with Gasteiger partial charge >= 0.3 is 17.9 Å². The van der Waals surface area contributed by atoms with Crippen LogP contribution in [-0.2, 0) is 24.0 Å². The number of rotatable bonds is 11. The van der Waals surface area contributed by atoms with Crippen molar-refractivity contribution < 1.29 is 59.0 Å². The van der Waals surface area contributed by atoms with Gasteiger partial charge in [0.15, 0.2) is 34.6 Å². The molecule has 12 nitrogen and oxygen atoms in total. The fourth-order valence-corrected chi connectivity index (χ4v) is 2.26. The summed E-state index contributed by atoms with van der Waals surface area (Å²) in [5.41, 5.74) is 1.33. The highest BCUT2D eigenvalue weighted by molar-refractivity contribution is 6.10. The number of methoxy groups -OCH3 is 2. The van der Waals surface area contributed by atoms with Crippen molar-refractivity contribution >= 4 is 41.6 Å². The number of carboxylic acid groups (broad SMARTS) is 3. The Hall–Kier alpha value is -5.91. The van der Waals surface area contributed by atoms with E-state index >= 15 is 0 Å². The highest BCUT2D eigenvalue weighted by atomic mass is 16.5. The summed E-state index contributed by atoms with van der Waals surface area (Å²) in [6, 6.07) is 9.34. The molecule has 0 aliphatic rings. The molecule has 0 fully saturated rings. The number of phenols is 2. The maximum absolute atomic E-state index is 11.9. The van der Waals surface area contributed by atoms with Gasteiger partial charge in [-0.05, 0) is 47.5 Å². The molecule has 42 heavy (non-hydrogen) atoms. The highest BCUT2D eigenvalue weighted by Gasteiger charge is 2.06. The van der Waals surface area contributed by atoms with Crippen molar-refractivity contribution in [1.29, 1.82) is 0 Å². The third-order valence-corrected chi connectivity index (χ3v) is 4.20. The van der Waals surface area contributed by atoms with Gasteiger partial charge in [0.2, 0.25) is 0 Å². The number of benzene rings is 2. The summed E-state index contributed by atoms with van der Waals surface area (Å²) in [4.78, 5) is 51.6. The molecule has 224 valence electrons. The molecule has 5 N–H and O–H groups in total. The molecule has 0 amide bonds. The van der Waals surface area contributed by atoms with Crippen molar-refractivity contribution in [3.05, 3.63) is 97.6 Å². The molecule has 0 spiro atoms. The molecular formula is C30H32O12. The Bertz CT molecular complexity index is 1200. The van der Waals surface area contributed by atoms with Crippen molar-refractivity contribution in [2.45, 2.75) is 6.42 Å². The number of carboxylic acids is 3. The third-order valence-electron chi connectivity index (χ3n) is 4.20. The predicted octanol–water partition coefficient (Wildman–Crippen LogP) is 4.14. The summed E-state index contributed by atoms with van der Waals surface area (Å²) in [5.74, 6) is -3.03. The molecule has 0 atom stereocenters. The lowest BCUT2D eigenvalue weighted by atomic mass is 10.1. The Morgan fingerprint density at radius 3 is 1.17 bits per heavy atom. The summed E-state index contributed by atoms with van der Waals surface area (Å²) in [5, 5.41) is 41.9. The SMILES string of the molecule is C=CC(=O)O.C=CC(=O)O.C=CC(=O)O.COc1cc(/C=C/C(=O)CC(=O)/C=C/c2ccc(O)c(OC)c2)ccc1O. The first kappa shape index (κ1) is 38.2. The Kier molecular flexibility index (Phi) is 20.0. The number of aromatic hydroxyl groups is 2. The number of hydrogen-bond acceptors (Lipinski definition) is 9. The van der Waals surface area contributed by atoms with Crippen LogP contribution in [0.2, 0.25) is 0 Å². The van der Waals surface area contributed by atoms with E-state index in [2.05, 4.69) is 19.7 Å². The minimum absolute atomic E-state index is 0.00662. The van der Waals surface area contributed by atoms with E-state index in [1.807, 2.05) is 0 Å². The van der Waals surface area contributed by atoms with E-state index < -0.39 is 17.9 Å². The molecule has 0 bridgehead atoms. The first-order valence-electron chi connectivity index (χ1n) is 11.5. The maximum Gasteiger partial charge on any atom is 0.327 e. The quantitative estimate of drug-likeness (QED) is 0.187. The van der Waals surface area contributed by atoms with E-state index in [4.69, 9.17) is 24.8 Å². The molecular weight excluding hydrogens is 552 g/mol. The van der Waals surface area contributed by atoms with Gasteiger partial charge in [0.05, 0.1) is 20.6 Å². The van der Waals surface area contributed by atoms with E-state index in [1.165, 1.54) is 38.5 Å². The number of carbonyl (C=O) groups excluding carboxylic acids is 2. The van der Waals surface area contributed by atoms with Crippen LogP contribution in [0.25, 0.3) is 12.2 Å². The van der Waals surface area contributed by atoms with Crippen LogP contribution in [0.15, 0.2) is 86.5 Å². The monoisotopic (exact) mass is 584 g/mol. The van der Waals surface area contributed by atoms with Crippen LogP contribution in [0, 0.1) is 0 Å². The predicted molar refractivity (Wildman–Crippen MR) is 156 cm³/mol. The molecule has 0 aliphatic carbocycles. The van der Waals surface area contributed by atoms with Crippen LogP contribution in [0.5, 0.6) is 23.0 Å². The molecule has 0 heterocycles. The number of hydrogen-bond donors (Lipinski definition) is 5. The van der Waals surface area contributed by atoms with Gasteiger partial charge in [-0.15, -0.1) is 0 Å². The van der Waals surface area contributed by atoms with Crippen molar-refractivity contribution in [3.8, 4) is 23.0 Å². The summed E-state index contributed by atoms with van der Waals surface area (Å²) in [6.07, 6.45) is 7.94. The number of carbonyl (C=O) groups is 5. The lowest BCUT2D eigenvalue weighted by Crippen LogP contribution is -2.01. The van der Waals surface area contributed by atoms with E-state index in [-0.39, 0.29) is 29.5 Å². The minimum atomic E-state index is -0.981. The van der Waals surface area contributed by atoms with Crippen LogP contribution < -0.4 is 9.47 Å². The summed E-state index contributed by atoms with van der Waals surface area (Å²) in [7, 11) is 2.87. The Labute approximate surface area is 242 Å². The number of allylic oxidation sites excluding steroid dienone is 2. The van der Waals surface area contributed by atoms with Gasteiger partial charge in [0.1, 0.15) is 0 Å². The molecule has 0 radical (unpaired) electrons. The first-order valence-corrected chi connectivity index (χ1v) is 11.5. The number of aliphatic carboxylic acids is 3. The summed E-state index contributed by atoms with van der Waals surface area (Å²) < 4.78 is 10.00. The normalized spacial score (nSPS) is 9.38. The van der Waals surface area contributed by atoms with Crippen LogP contribution in [0.3, 0.4) is 0 Å². The van der Waals surface area contributed by atoms with E-state index in [0.29, 0.717) is 22.6 Å². The van der Waals surface area contributed by atoms with Gasteiger partial charge in [-0.25, -0.2) is 14.4 Å². The average Bonchev–Trinajstić information content (AvgIpc) is 2.97. The molecule has 2 rings (SSSR count). The van der Waals surface area contributed by atoms with Gasteiger partial charge in [-0.1, -0.05) is 44.0 Å². The smallest absolute Gasteiger partial charge is 0.327 e. The average molecular weight is 585 g/mol. The van der Waals surface area contributed by atoms with Crippen LogP contribution in [-0.4, -0.2) is 69.2 Å². The highest BCUT2D eigenvalue weighted by Crippen LogP contribution is 2.27. The van der Waals surface area contributed by atoms with E-state index in [9.17, 15) is 34.2 Å². The van der Waals surface area contributed by atoms with Gasteiger partial charge in [0, 0.05) is 18.2 Å². The minimum Gasteiger partial charge on any atom is -0.504 e. The molecule has 12 heteroatoms. The van der Waals surface area contributed by atoms with Gasteiger partial charge in [-0.2, -0.15) is 0 Å². The zero-order chi connectivity index (χ0) is 32.7. The van der Waals surface area contributed by atoms with Crippen molar-refractivity contribution in [2.75, 3.05) is 14.2 Å². The fourth-order valence-electron chi connectivity index (χ4n) is 2.26. The van der Waals surface area contributed by atoms with Crippen molar-refractivity contribution in [2.24, 2.45) is 0 Å². The zero-order valence-electron chi connectivity index (χ0n) is 22.9. The van der Waals surface area contributed by atoms with E-state index in [0.717, 1.165) is 18.2 Å². The van der Waals surface area contributed by atoms with Crippen LogP contribution in [0.1, 0.15) is 17.5 Å². The number of ether oxygens (including phenoxy) is 2. The van der Waals surface area contributed by atoms with Crippen LogP contribution >= 0.6 is 0 Å². The molecule has 0 aliphatic heterocycles. The number of ketones is 2. The van der Waals surface area contributed by atoms with Crippen molar-refractivity contribution in [3.63, 3.8) is 0 Å². The topological polar surface area (TPSA) is 205 Å². The Morgan fingerprint density at radius 1 is 0.643 bits per heavy atom. The number of phenolic OH excluding ortho intramolecular Hbond substituents is 2. The maximum atomic E-state index is 11.9. The molecule has 2 aromatic carbocycles. The Morgan fingerprint density at radius 2 is 0.929 bits per heavy atom. The fraction of sp³-hybridized carbons (Fsp3) is 0.100. The first-order chi connectivity index (χ1) is 19.7. The summed E-state index contributed by atoms with van der Waals surface area (Å²) in [6.45, 7) is 8.88. The summed E-state index contributed by atoms with van der Waals surface area (Å²) >= 11 is 0. The van der Waals surface area contributed by atoms with Crippen molar-refractivity contribution in [1.82, 2.24) is 0 Å². The largest absolute Gasteiger partial charge is 0.504 e. The van der Waals surface area contributed by atoms with Gasteiger partial charge in [-0.3, -0.25) is 9.59 Å². The zero-order valence-corrected chi connectivity index (χ0v) is 22.9. The lowest BCUT2D eigenvalue weighted by molar-refractivity contribution is -0.132. The Balaban J connectivity index is 0.